The normalized spacial score (nSPS) is 11.8. The number of carbonyl (C=O) groups is 1. The highest BCUT2D eigenvalue weighted by atomic mass is 32.1. The van der Waals surface area contributed by atoms with Gasteiger partial charge in [-0.05, 0) is 39.8 Å². The van der Waals surface area contributed by atoms with Crippen molar-refractivity contribution in [3.05, 3.63) is 21.9 Å². The number of rotatable bonds is 2. The summed E-state index contributed by atoms with van der Waals surface area (Å²) in [5.74, 6) is 0. The molecule has 1 rings (SSSR count). The Morgan fingerprint density at radius 2 is 2.19 bits per heavy atom. The first-order valence-electron chi connectivity index (χ1n) is 4.95. The number of hydrogen-bond donors (Lipinski definition) is 1. The van der Waals surface area contributed by atoms with Gasteiger partial charge in [0.05, 0.1) is 6.21 Å². The largest absolute Gasteiger partial charge is 0.443 e. The molecule has 1 heterocycles. The number of ether oxygens (including phenoxy) is 1. The molecule has 1 aromatic heterocycles. The molecule has 4 nitrogen and oxygen atoms in total. The summed E-state index contributed by atoms with van der Waals surface area (Å²) in [6.45, 7) is 7.43. The Labute approximate surface area is 99.3 Å². The van der Waals surface area contributed by atoms with Gasteiger partial charge >= 0.3 is 6.09 Å². The van der Waals surface area contributed by atoms with Crippen molar-refractivity contribution in [2.75, 3.05) is 0 Å². The maximum atomic E-state index is 11.2. The summed E-state index contributed by atoms with van der Waals surface area (Å²) in [6, 6.07) is 3.94. The number of hydrazone groups is 1. The molecule has 0 saturated carbocycles. The van der Waals surface area contributed by atoms with Crippen LogP contribution in [0.2, 0.25) is 0 Å². The highest BCUT2D eigenvalue weighted by molar-refractivity contribution is 7.13. The number of amides is 1. The monoisotopic (exact) mass is 240 g/mol. The van der Waals surface area contributed by atoms with Crippen LogP contribution in [0, 0.1) is 6.92 Å². The van der Waals surface area contributed by atoms with E-state index in [2.05, 4.69) is 10.5 Å². The molecule has 0 unspecified atom stereocenters. The molecule has 0 spiro atoms. The van der Waals surface area contributed by atoms with Gasteiger partial charge in [0.2, 0.25) is 0 Å². The highest BCUT2D eigenvalue weighted by Crippen LogP contribution is 2.12. The number of nitrogens with one attached hydrogen (secondary N) is 1. The molecule has 0 aliphatic heterocycles. The Bertz CT molecular complexity index is 391. The predicted octanol–water partition coefficient (Wildman–Crippen LogP) is 2.92. The summed E-state index contributed by atoms with van der Waals surface area (Å²) in [7, 11) is 0. The quantitative estimate of drug-likeness (QED) is 0.638. The fourth-order valence-corrected chi connectivity index (χ4v) is 1.72. The first-order chi connectivity index (χ1) is 7.37. The Morgan fingerprint density at radius 1 is 1.50 bits per heavy atom. The summed E-state index contributed by atoms with van der Waals surface area (Å²) in [4.78, 5) is 13.4. The molecule has 0 saturated heterocycles. The molecular weight excluding hydrogens is 224 g/mol. The lowest BCUT2D eigenvalue weighted by atomic mass is 10.2. The summed E-state index contributed by atoms with van der Waals surface area (Å²) < 4.78 is 5.02. The second-order valence-corrected chi connectivity index (χ2v) is 5.64. The second kappa shape index (κ2) is 5.12. The molecule has 0 aliphatic carbocycles. The standard InChI is InChI=1S/C11H16N2O2S/c1-8-5-6-9(16-8)7-12-13-10(14)15-11(2,3)4/h5-7H,1-4H3,(H,13,14)/b12-7-. The molecule has 0 atom stereocenters. The minimum Gasteiger partial charge on any atom is -0.443 e. The topological polar surface area (TPSA) is 50.7 Å². The fourth-order valence-electron chi connectivity index (χ4n) is 0.972. The van der Waals surface area contributed by atoms with Crippen LogP contribution in [0.15, 0.2) is 17.2 Å². The third-order valence-corrected chi connectivity index (χ3v) is 2.44. The molecule has 16 heavy (non-hydrogen) atoms. The van der Waals surface area contributed by atoms with Gasteiger partial charge in [-0.15, -0.1) is 11.3 Å². The van der Waals surface area contributed by atoms with Crippen LogP contribution in [0.1, 0.15) is 30.5 Å². The molecule has 0 bridgehead atoms. The van der Waals surface area contributed by atoms with E-state index >= 15 is 0 Å². The Balaban J connectivity index is 2.40. The number of nitrogens with zero attached hydrogens (tertiary/aromatic N) is 1. The van der Waals surface area contributed by atoms with Crippen LogP contribution in [0.3, 0.4) is 0 Å². The zero-order chi connectivity index (χ0) is 12.2. The van der Waals surface area contributed by atoms with Crippen molar-refractivity contribution in [2.24, 2.45) is 5.10 Å². The molecule has 1 aromatic rings. The van der Waals surface area contributed by atoms with Crippen LogP contribution in [0.25, 0.3) is 0 Å². The predicted molar refractivity (Wildman–Crippen MR) is 66.0 cm³/mol. The smallest absolute Gasteiger partial charge is 0.428 e. The Hall–Kier alpha value is -1.36. The van der Waals surface area contributed by atoms with E-state index in [1.165, 1.54) is 4.88 Å². The highest BCUT2D eigenvalue weighted by Gasteiger charge is 2.15. The number of aryl methyl sites for hydroxylation is 1. The zero-order valence-electron chi connectivity index (χ0n) is 9.90. The average molecular weight is 240 g/mol. The van der Waals surface area contributed by atoms with Gasteiger partial charge in [-0.25, -0.2) is 10.2 Å². The minimum absolute atomic E-state index is 0.501. The number of thiophene rings is 1. The van der Waals surface area contributed by atoms with Crippen molar-refractivity contribution in [3.63, 3.8) is 0 Å². The van der Waals surface area contributed by atoms with E-state index in [1.54, 1.807) is 38.3 Å². The third kappa shape index (κ3) is 4.93. The van der Waals surface area contributed by atoms with E-state index in [0.717, 1.165) is 4.88 Å². The van der Waals surface area contributed by atoms with Crippen molar-refractivity contribution in [1.82, 2.24) is 5.43 Å². The molecule has 88 valence electrons. The molecule has 1 N–H and O–H groups in total. The fraction of sp³-hybridized carbons (Fsp3) is 0.455. The molecule has 5 heteroatoms. The number of hydrogen-bond acceptors (Lipinski definition) is 4. The first-order valence-corrected chi connectivity index (χ1v) is 5.77. The van der Waals surface area contributed by atoms with Gasteiger partial charge in [0, 0.05) is 9.75 Å². The van der Waals surface area contributed by atoms with Gasteiger partial charge in [-0.1, -0.05) is 0 Å². The number of carbonyl (C=O) groups excluding carboxylic acids is 1. The van der Waals surface area contributed by atoms with Crippen LogP contribution >= 0.6 is 11.3 Å². The van der Waals surface area contributed by atoms with Crippen LogP contribution < -0.4 is 5.43 Å². The summed E-state index contributed by atoms with van der Waals surface area (Å²) in [5.41, 5.74) is 1.81. The molecule has 0 fully saturated rings. The molecule has 1 amide bonds. The van der Waals surface area contributed by atoms with Gasteiger partial charge in [0.25, 0.3) is 0 Å². The van der Waals surface area contributed by atoms with Gasteiger partial charge in [0.15, 0.2) is 0 Å². The summed E-state index contributed by atoms with van der Waals surface area (Å²) >= 11 is 1.61. The van der Waals surface area contributed by atoms with E-state index in [1.807, 2.05) is 19.1 Å². The lowest BCUT2D eigenvalue weighted by molar-refractivity contribution is 0.0529. The van der Waals surface area contributed by atoms with E-state index in [-0.39, 0.29) is 0 Å². The van der Waals surface area contributed by atoms with Gasteiger partial charge < -0.3 is 4.74 Å². The van der Waals surface area contributed by atoms with Crippen molar-refractivity contribution < 1.29 is 9.53 Å². The van der Waals surface area contributed by atoms with E-state index in [0.29, 0.717) is 0 Å². The SMILES string of the molecule is Cc1ccc(/C=N\NC(=O)OC(C)(C)C)s1. The third-order valence-electron chi connectivity index (χ3n) is 1.51. The molecule has 0 aromatic carbocycles. The summed E-state index contributed by atoms with van der Waals surface area (Å²) in [6.07, 6.45) is 1.05. The van der Waals surface area contributed by atoms with E-state index in [4.69, 9.17) is 4.74 Å². The molecular formula is C11H16N2O2S. The lowest BCUT2D eigenvalue weighted by Crippen LogP contribution is -2.29. The molecule has 0 radical (unpaired) electrons. The lowest BCUT2D eigenvalue weighted by Gasteiger charge is -2.18. The minimum atomic E-state index is -0.544. The Kier molecular flexibility index (Phi) is 4.06. The van der Waals surface area contributed by atoms with E-state index < -0.39 is 11.7 Å². The maximum absolute atomic E-state index is 11.2. The average Bonchev–Trinajstić information content (AvgIpc) is 2.48. The van der Waals surface area contributed by atoms with Crippen LogP contribution in [0.5, 0.6) is 0 Å². The van der Waals surface area contributed by atoms with E-state index in [9.17, 15) is 4.79 Å². The van der Waals surface area contributed by atoms with Crippen molar-refractivity contribution in [2.45, 2.75) is 33.3 Å². The second-order valence-electron chi connectivity index (χ2n) is 4.32. The maximum Gasteiger partial charge on any atom is 0.428 e. The van der Waals surface area contributed by atoms with Crippen molar-refractivity contribution in [3.8, 4) is 0 Å². The van der Waals surface area contributed by atoms with Crippen LogP contribution in [0.4, 0.5) is 4.79 Å². The van der Waals surface area contributed by atoms with Crippen LogP contribution in [-0.2, 0) is 4.74 Å². The van der Waals surface area contributed by atoms with Gasteiger partial charge in [0.1, 0.15) is 5.60 Å². The zero-order valence-corrected chi connectivity index (χ0v) is 10.7. The van der Waals surface area contributed by atoms with Crippen LogP contribution in [-0.4, -0.2) is 17.9 Å². The van der Waals surface area contributed by atoms with Crippen molar-refractivity contribution in [1.29, 1.82) is 0 Å². The van der Waals surface area contributed by atoms with Gasteiger partial charge in [-0.3, -0.25) is 0 Å². The summed E-state index contributed by atoms with van der Waals surface area (Å²) in [5, 5.41) is 3.80. The van der Waals surface area contributed by atoms with Gasteiger partial charge in [-0.2, -0.15) is 5.10 Å². The Morgan fingerprint density at radius 3 is 2.69 bits per heavy atom. The molecule has 0 aliphatic rings. The first kappa shape index (κ1) is 12.7. The van der Waals surface area contributed by atoms with Crippen molar-refractivity contribution >= 4 is 23.6 Å².